The molecule has 3 aromatic rings. The van der Waals surface area contributed by atoms with Crippen LogP contribution in [0.25, 0.3) is 10.9 Å². The van der Waals surface area contributed by atoms with Crippen LogP contribution in [0.4, 0.5) is 0 Å². The van der Waals surface area contributed by atoms with Gasteiger partial charge in [-0.15, -0.1) is 0 Å². The zero-order valence-electron chi connectivity index (χ0n) is 20.7. The highest BCUT2D eigenvalue weighted by Crippen LogP contribution is 2.38. The number of benzene rings is 2. The van der Waals surface area contributed by atoms with Gasteiger partial charge in [0.2, 0.25) is 11.8 Å². The average molecular weight is 489 g/mol. The van der Waals surface area contributed by atoms with Crippen molar-refractivity contribution in [3.63, 3.8) is 0 Å². The molecule has 0 saturated carbocycles. The number of piperidine rings is 1. The molecule has 8 nitrogen and oxygen atoms in total. The number of nitrogens with one attached hydrogen (secondary N) is 2. The first kappa shape index (κ1) is 24.1. The SMILES string of the molecule is CC(C)(N)C(=O)N[C@H](Cc1c[nH]c2ccccc12)C(=O)N1CCC[C@@]2(CC(=O)c3ccccc3O2)C1. The number of H-pyrrole nitrogens is 1. The predicted octanol–water partition coefficient (Wildman–Crippen LogP) is 2.96. The first-order chi connectivity index (χ1) is 17.2. The maximum Gasteiger partial charge on any atom is 0.245 e. The Morgan fingerprint density at radius 3 is 2.75 bits per heavy atom. The van der Waals surface area contributed by atoms with Crippen molar-refractivity contribution in [2.75, 3.05) is 13.1 Å². The number of likely N-dealkylation sites (tertiary alicyclic amines) is 1. The van der Waals surface area contributed by atoms with Crippen LogP contribution >= 0.6 is 0 Å². The molecular formula is C28H32N4O4. The molecule has 188 valence electrons. The first-order valence-electron chi connectivity index (χ1n) is 12.4. The lowest BCUT2D eigenvalue weighted by molar-refractivity contribution is -0.142. The van der Waals surface area contributed by atoms with Crippen LogP contribution in [-0.4, -0.2) is 57.8 Å². The third-order valence-electron chi connectivity index (χ3n) is 7.14. The number of hydrogen-bond donors (Lipinski definition) is 3. The molecule has 2 amide bonds. The number of ketones is 1. The number of nitrogens with zero attached hydrogens (tertiary/aromatic N) is 1. The Labute approximate surface area is 210 Å². The molecule has 4 N–H and O–H groups in total. The fraction of sp³-hybridized carbons (Fsp3) is 0.393. The number of para-hydroxylation sites is 2. The van der Waals surface area contributed by atoms with Gasteiger partial charge < -0.3 is 25.7 Å². The lowest BCUT2D eigenvalue weighted by Gasteiger charge is -2.45. The van der Waals surface area contributed by atoms with Gasteiger partial charge in [-0.1, -0.05) is 30.3 Å². The van der Waals surface area contributed by atoms with E-state index in [-0.39, 0.29) is 24.7 Å². The fourth-order valence-corrected chi connectivity index (χ4v) is 5.24. The number of aromatic amines is 1. The summed E-state index contributed by atoms with van der Waals surface area (Å²) in [6, 6.07) is 14.3. The van der Waals surface area contributed by atoms with Crippen LogP contribution in [0.5, 0.6) is 5.75 Å². The molecule has 1 aromatic heterocycles. The van der Waals surface area contributed by atoms with Gasteiger partial charge in [-0.05, 0) is 50.5 Å². The molecule has 2 atom stereocenters. The topological polar surface area (TPSA) is 118 Å². The minimum atomic E-state index is -1.13. The van der Waals surface area contributed by atoms with Gasteiger partial charge in [0.25, 0.3) is 0 Å². The van der Waals surface area contributed by atoms with Crippen LogP contribution in [0, 0.1) is 0 Å². The Bertz CT molecular complexity index is 1320. The van der Waals surface area contributed by atoms with E-state index in [0.29, 0.717) is 37.1 Å². The van der Waals surface area contributed by atoms with E-state index in [2.05, 4.69) is 10.3 Å². The second kappa shape index (κ2) is 9.09. The summed E-state index contributed by atoms with van der Waals surface area (Å²) < 4.78 is 6.36. The number of ether oxygens (including phenoxy) is 1. The molecule has 5 rings (SSSR count). The number of nitrogens with two attached hydrogens (primary N) is 1. The van der Waals surface area contributed by atoms with Crippen molar-refractivity contribution >= 4 is 28.5 Å². The second-order valence-electron chi connectivity index (χ2n) is 10.6. The number of carbonyl (C=O) groups is 3. The summed E-state index contributed by atoms with van der Waals surface area (Å²) in [5.74, 6) is -0.00597. The van der Waals surface area contributed by atoms with Crippen LogP contribution < -0.4 is 15.8 Å². The van der Waals surface area contributed by atoms with E-state index in [1.165, 1.54) is 0 Å². The maximum absolute atomic E-state index is 13.9. The first-order valence-corrected chi connectivity index (χ1v) is 12.4. The molecule has 1 fully saturated rings. The molecular weight excluding hydrogens is 456 g/mol. The third-order valence-corrected chi connectivity index (χ3v) is 7.14. The Morgan fingerprint density at radius 1 is 1.19 bits per heavy atom. The van der Waals surface area contributed by atoms with Gasteiger partial charge in [0.1, 0.15) is 17.4 Å². The number of carbonyl (C=O) groups excluding carboxylic acids is 3. The Morgan fingerprint density at radius 2 is 1.94 bits per heavy atom. The Hall–Kier alpha value is -3.65. The molecule has 0 unspecified atom stereocenters. The molecule has 0 radical (unpaired) electrons. The van der Waals surface area contributed by atoms with E-state index in [0.717, 1.165) is 16.5 Å². The van der Waals surface area contributed by atoms with Crippen LogP contribution in [0.1, 0.15) is 49.0 Å². The second-order valence-corrected chi connectivity index (χ2v) is 10.6. The lowest BCUT2D eigenvalue weighted by Crippen LogP contribution is -2.61. The van der Waals surface area contributed by atoms with Gasteiger partial charge in [-0.25, -0.2) is 0 Å². The molecule has 1 spiro atoms. The van der Waals surface area contributed by atoms with Crippen LogP contribution in [0.15, 0.2) is 54.7 Å². The minimum absolute atomic E-state index is 0.0275. The molecule has 0 aliphatic carbocycles. The van der Waals surface area contributed by atoms with Gasteiger partial charge in [0, 0.05) is 30.1 Å². The smallest absolute Gasteiger partial charge is 0.245 e. The van der Waals surface area contributed by atoms with Gasteiger partial charge in [-0.3, -0.25) is 14.4 Å². The lowest BCUT2D eigenvalue weighted by atomic mass is 9.83. The van der Waals surface area contributed by atoms with Crippen molar-refractivity contribution in [3.05, 3.63) is 65.9 Å². The molecule has 0 bridgehead atoms. The highest BCUT2D eigenvalue weighted by Gasteiger charge is 2.45. The standard InChI is InChI=1S/C28H32N4O4/c1-27(2,29)26(35)31-22(14-18-16-30-21-10-5-3-8-19(18)21)25(34)32-13-7-12-28(17-32)15-23(33)20-9-4-6-11-24(20)36-28/h3-6,8-11,16,22,30H,7,12-15,17,29H2,1-2H3,(H,31,35)/t22-,28-/m1/s1. The van der Waals surface area contributed by atoms with Crippen molar-refractivity contribution in [1.82, 2.24) is 15.2 Å². The zero-order chi connectivity index (χ0) is 25.5. The van der Waals surface area contributed by atoms with Crippen LogP contribution in [-0.2, 0) is 16.0 Å². The summed E-state index contributed by atoms with van der Waals surface area (Å²) >= 11 is 0. The number of amides is 2. The highest BCUT2D eigenvalue weighted by atomic mass is 16.5. The Balaban J connectivity index is 1.41. The zero-order valence-corrected chi connectivity index (χ0v) is 20.7. The highest BCUT2D eigenvalue weighted by molar-refractivity contribution is 6.00. The quantitative estimate of drug-likeness (QED) is 0.510. The van der Waals surface area contributed by atoms with E-state index in [9.17, 15) is 14.4 Å². The number of fused-ring (bicyclic) bond motifs is 2. The number of rotatable bonds is 5. The maximum atomic E-state index is 13.9. The van der Waals surface area contributed by atoms with Crippen LogP contribution in [0.2, 0.25) is 0 Å². The average Bonchev–Trinajstić information content (AvgIpc) is 3.25. The van der Waals surface area contributed by atoms with Gasteiger partial charge in [0.05, 0.1) is 24.1 Å². The molecule has 8 heteroatoms. The molecule has 3 heterocycles. The van der Waals surface area contributed by atoms with Crippen molar-refractivity contribution in [2.45, 2.75) is 56.7 Å². The summed E-state index contributed by atoms with van der Waals surface area (Å²) in [7, 11) is 0. The molecule has 36 heavy (non-hydrogen) atoms. The molecule has 1 saturated heterocycles. The third kappa shape index (κ3) is 4.60. The summed E-state index contributed by atoms with van der Waals surface area (Å²) in [5, 5.41) is 3.90. The van der Waals surface area contributed by atoms with Gasteiger partial charge in [0.15, 0.2) is 5.78 Å². The summed E-state index contributed by atoms with van der Waals surface area (Å²) in [4.78, 5) is 44.6. The van der Waals surface area contributed by atoms with Crippen molar-refractivity contribution in [2.24, 2.45) is 5.73 Å². The normalized spacial score (nSPS) is 20.6. The van der Waals surface area contributed by atoms with Crippen LogP contribution in [0.3, 0.4) is 0 Å². The monoisotopic (exact) mass is 488 g/mol. The van der Waals surface area contributed by atoms with E-state index >= 15 is 0 Å². The van der Waals surface area contributed by atoms with Gasteiger partial charge >= 0.3 is 0 Å². The summed E-state index contributed by atoms with van der Waals surface area (Å²) in [6.45, 7) is 4.05. The van der Waals surface area contributed by atoms with E-state index in [1.807, 2.05) is 42.6 Å². The fourth-order valence-electron chi connectivity index (χ4n) is 5.24. The summed E-state index contributed by atoms with van der Waals surface area (Å²) in [5.41, 5.74) is 6.63. The van der Waals surface area contributed by atoms with Gasteiger partial charge in [-0.2, -0.15) is 0 Å². The van der Waals surface area contributed by atoms with Crippen molar-refractivity contribution in [3.8, 4) is 5.75 Å². The number of Topliss-reactive ketones (excluding diaryl/α,β-unsaturated/α-hetero) is 1. The van der Waals surface area contributed by atoms with E-state index < -0.39 is 23.1 Å². The minimum Gasteiger partial charge on any atom is -0.484 e. The Kier molecular flexibility index (Phi) is 6.08. The molecule has 2 aromatic carbocycles. The van der Waals surface area contributed by atoms with E-state index in [1.54, 1.807) is 30.9 Å². The van der Waals surface area contributed by atoms with E-state index in [4.69, 9.17) is 10.5 Å². The largest absolute Gasteiger partial charge is 0.484 e. The number of aromatic nitrogens is 1. The predicted molar refractivity (Wildman–Crippen MR) is 137 cm³/mol. The molecule has 2 aliphatic rings. The van der Waals surface area contributed by atoms with Crippen molar-refractivity contribution in [1.29, 1.82) is 0 Å². The van der Waals surface area contributed by atoms with Crippen molar-refractivity contribution < 1.29 is 19.1 Å². The summed E-state index contributed by atoms with van der Waals surface area (Å²) in [6.07, 6.45) is 3.81. The molecule has 2 aliphatic heterocycles. The number of hydrogen-bond acceptors (Lipinski definition) is 5.